The summed E-state index contributed by atoms with van der Waals surface area (Å²) in [6.07, 6.45) is -0.142. The molecule has 1 saturated carbocycles. The van der Waals surface area contributed by atoms with Crippen molar-refractivity contribution in [3.63, 3.8) is 0 Å². The van der Waals surface area contributed by atoms with Crippen molar-refractivity contribution in [2.24, 2.45) is 11.8 Å². The zero-order chi connectivity index (χ0) is 11.9. The summed E-state index contributed by atoms with van der Waals surface area (Å²) in [5, 5.41) is 8.90. The van der Waals surface area contributed by atoms with Crippen molar-refractivity contribution in [1.82, 2.24) is 4.90 Å². The third-order valence-corrected chi connectivity index (χ3v) is 3.27. The van der Waals surface area contributed by atoms with Crippen LogP contribution in [0.25, 0.3) is 0 Å². The molecule has 1 N–H and O–H groups in total. The Kier molecular flexibility index (Phi) is 2.88. The monoisotopic (exact) mass is 227 g/mol. The summed E-state index contributed by atoms with van der Waals surface area (Å²) in [7, 11) is 0. The van der Waals surface area contributed by atoms with E-state index in [1.807, 2.05) is 6.92 Å². The molecule has 2 aliphatic rings. The zero-order valence-corrected chi connectivity index (χ0v) is 9.55. The number of nitrogens with zero attached hydrogens (tertiary/aromatic N) is 1. The SMILES string of the molecule is CC1CC1C(=O)N1CC(C(=O)O)O[C@H](C)C1. The maximum Gasteiger partial charge on any atom is 0.334 e. The molecule has 2 fully saturated rings. The van der Waals surface area contributed by atoms with Gasteiger partial charge < -0.3 is 14.7 Å². The predicted octanol–water partition coefficient (Wildman–Crippen LogP) is 0.343. The number of carbonyl (C=O) groups is 2. The first-order valence-electron chi connectivity index (χ1n) is 5.66. The van der Waals surface area contributed by atoms with Crippen LogP contribution in [0, 0.1) is 11.8 Å². The van der Waals surface area contributed by atoms with Gasteiger partial charge in [0.25, 0.3) is 0 Å². The fraction of sp³-hybridized carbons (Fsp3) is 0.818. The van der Waals surface area contributed by atoms with Gasteiger partial charge in [-0.2, -0.15) is 0 Å². The second kappa shape index (κ2) is 4.05. The molecule has 4 atom stereocenters. The Balaban J connectivity index is 1.99. The van der Waals surface area contributed by atoms with Crippen LogP contribution in [0.15, 0.2) is 0 Å². The number of aliphatic carboxylic acids is 1. The van der Waals surface area contributed by atoms with E-state index in [0.29, 0.717) is 12.5 Å². The fourth-order valence-electron chi connectivity index (χ4n) is 2.17. The van der Waals surface area contributed by atoms with Crippen molar-refractivity contribution in [3.05, 3.63) is 0 Å². The van der Waals surface area contributed by atoms with Gasteiger partial charge in [-0.3, -0.25) is 4.79 Å². The van der Waals surface area contributed by atoms with E-state index in [-0.39, 0.29) is 24.5 Å². The Bertz CT molecular complexity index is 317. The van der Waals surface area contributed by atoms with Crippen LogP contribution in [0.1, 0.15) is 20.3 Å². The number of carboxylic acids is 1. The van der Waals surface area contributed by atoms with Crippen LogP contribution in [0.4, 0.5) is 0 Å². The van der Waals surface area contributed by atoms with E-state index < -0.39 is 12.1 Å². The molecule has 5 heteroatoms. The number of rotatable bonds is 2. The predicted molar refractivity (Wildman–Crippen MR) is 55.8 cm³/mol. The van der Waals surface area contributed by atoms with Gasteiger partial charge in [-0.05, 0) is 19.3 Å². The minimum atomic E-state index is -0.992. The van der Waals surface area contributed by atoms with Crippen LogP contribution in [-0.2, 0) is 14.3 Å². The molecule has 1 heterocycles. The van der Waals surface area contributed by atoms with E-state index in [1.54, 1.807) is 11.8 Å². The molecule has 1 aliphatic carbocycles. The number of amides is 1. The average Bonchev–Trinajstić information content (AvgIpc) is 2.93. The number of morpholine rings is 1. The molecule has 0 spiro atoms. The highest BCUT2D eigenvalue weighted by molar-refractivity contribution is 5.83. The Labute approximate surface area is 94.4 Å². The van der Waals surface area contributed by atoms with Crippen molar-refractivity contribution in [2.45, 2.75) is 32.5 Å². The van der Waals surface area contributed by atoms with E-state index in [4.69, 9.17) is 9.84 Å². The van der Waals surface area contributed by atoms with Crippen LogP contribution >= 0.6 is 0 Å². The van der Waals surface area contributed by atoms with Crippen molar-refractivity contribution in [3.8, 4) is 0 Å². The third kappa shape index (κ3) is 2.19. The lowest BCUT2D eigenvalue weighted by Crippen LogP contribution is -2.52. The summed E-state index contributed by atoms with van der Waals surface area (Å²) >= 11 is 0. The second-order valence-electron chi connectivity index (χ2n) is 4.84. The van der Waals surface area contributed by atoms with Gasteiger partial charge in [-0.1, -0.05) is 6.92 Å². The average molecular weight is 227 g/mol. The molecule has 5 nitrogen and oxygen atoms in total. The van der Waals surface area contributed by atoms with Crippen LogP contribution in [-0.4, -0.2) is 47.2 Å². The molecule has 0 aromatic carbocycles. The highest BCUT2D eigenvalue weighted by Gasteiger charge is 2.44. The number of carbonyl (C=O) groups excluding carboxylic acids is 1. The maximum atomic E-state index is 12.0. The Hall–Kier alpha value is -1.10. The lowest BCUT2D eigenvalue weighted by molar-refractivity contribution is -0.167. The molecule has 1 saturated heterocycles. The van der Waals surface area contributed by atoms with Crippen molar-refractivity contribution < 1.29 is 19.4 Å². The maximum absolute atomic E-state index is 12.0. The molecule has 3 unspecified atom stereocenters. The Morgan fingerprint density at radius 2 is 1.94 bits per heavy atom. The Morgan fingerprint density at radius 3 is 2.44 bits per heavy atom. The first-order chi connectivity index (χ1) is 7.49. The second-order valence-corrected chi connectivity index (χ2v) is 4.84. The quantitative estimate of drug-likeness (QED) is 0.739. The number of hydrogen-bond acceptors (Lipinski definition) is 3. The van der Waals surface area contributed by atoms with Gasteiger partial charge in [0, 0.05) is 12.5 Å². The summed E-state index contributed by atoms with van der Waals surface area (Å²) in [5.74, 6) is -0.337. The largest absolute Gasteiger partial charge is 0.479 e. The minimum absolute atomic E-state index is 0.0916. The number of hydrogen-bond donors (Lipinski definition) is 1. The van der Waals surface area contributed by atoms with Gasteiger partial charge in [0.05, 0.1) is 12.6 Å². The molecule has 0 radical (unpaired) electrons. The smallest absolute Gasteiger partial charge is 0.334 e. The molecule has 0 aromatic heterocycles. The van der Waals surface area contributed by atoms with E-state index >= 15 is 0 Å². The Morgan fingerprint density at radius 1 is 1.31 bits per heavy atom. The van der Waals surface area contributed by atoms with Crippen LogP contribution in [0.5, 0.6) is 0 Å². The molecule has 1 amide bonds. The fourth-order valence-corrected chi connectivity index (χ4v) is 2.17. The molecule has 16 heavy (non-hydrogen) atoms. The molecular formula is C11H17NO4. The molecule has 0 bridgehead atoms. The summed E-state index contributed by atoms with van der Waals surface area (Å²) in [6.45, 7) is 4.53. The van der Waals surface area contributed by atoms with Gasteiger partial charge in [0.2, 0.25) is 5.91 Å². The number of carboxylic acid groups (broad SMARTS) is 1. The van der Waals surface area contributed by atoms with E-state index in [9.17, 15) is 9.59 Å². The summed E-state index contributed by atoms with van der Waals surface area (Å²) < 4.78 is 5.26. The van der Waals surface area contributed by atoms with Gasteiger partial charge >= 0.3 is 5.97 Å². The van der Waals surface area contributed by atoms with E-state index in [1.165, 1.54) is 0 Å². The van der Waals surface area contributed by atoms with Crippen molar-refractivity contribution >= 4 is 11.9 Å². The topological polar surface area (TPSA) is 66.8 Å². The minimum Gasteiger partial charge on any atom is -0.479 e. The van der Waals surface area contributed by atoms with Crippen LogP contribution in [0.3, 0.4) is 0 Å². The third-order valence-electron chi connectivity index (χ3n) is 3.27. The van der Waals surface area contributed by atoms with E-state index in [2.05, 4.69) is 0 Å². The lowest BCUT2D eigenvalue weighted by atomic mass is 10.2. The molecule has 2 rings (SSSR count). The van der Waals surface area contributed by atoms with Crippen LogP contribution < -0.4 is 0 Å². The highest BCUT2D eigenvalue weighted by Crippen LogP contribution is 2.39. The first-order valence-corrected chi connectivity index (χ1v) is 5.66. The number of ether oxygens (including phenoxy) is 1. The van der Waals surface area contributed by atoms with E-state index in [0.717, 1.165) is 6.42 Å². The zero-order valence-electron chi connectivity index (χ0n) is 9.55. The highest BCUT2D eigenvalue weighted by atomic mass is 16.5. The molecule has 1 aliphatic heterocycles. The van der Waals surface area contributed by atoms with Gasteiger partial charge in [0.15, 0.2) is 6.10 Å². The van der Waals surface area contributed by atoms with Gasteiger partial charge in [0.1, 0.15) is 0 Å². The lowest BCUT2D eigenvalue weighted by Gasteiger charge is -2.35. The van der Waals surface area contributed by atoms with Crippen molar-refractivity contribution in [2.75, 3.05) is 13.1 Å². The molecular weight excluding hydrogens is 210 g/mol. The van der Waals surface area contributed by atoms with Gasteiger partial charge in [-0.25, -0.2) is 4.79 Å². The standard InChI is InChI=1S/C11H17NO4/c1-6-3-8(6)10(13)12-4-7(2)16-9(5-12)11(14)15/h6-9H,3-5H2,1-2H3,(H,14,15)/t6?,7-,8?,9?/m1/s1. The molecule has 0 aromatic rings. The normalized spacial score (nSPS) is 38.2. The summed E-state index contributed by atoms with van der Waals surface area (Å²) in [6, 6.07) is 0. The summed E-state index contributed by atoms with van der Waals surface area (Å²) in [5.41, 5.74) is 0. The van der Waals surface area contributed by atoms with Crippen molar-refractivity contribution in [1.29, 1.82) is 0 Å². The molecule has 90 valence electrons. The first kappa shape index (κ1) is 11.4. The van der Waals surface area contributed by atoms with Gasteiger partial charge in [-0.15, -0.1) is 0 Å². The summed E-state index contributed by atoms with van der Waals surface area (Å²) in [4.78, 5) is 24.5. The van der Waals surface area contributed by atoms with Crippen LogP contribution in [0.2, 0.25) is 0 Å².